The molecule has 0 spiro atoms. The van der Waals surface area contributed by atoms with Crippen molar-refractivity contribution in [2.75, 3.05) is 18.4 Å². The third-order valence-electron chi connectivity index (χ3n) is 5.78. The Morgan fingerprint density at radius 1 is 1.29 bits per heavy atom. The summed E-state index contributed by atoms with van der Waals surface area (Å²) in [6, 6.07) is 1.86. The molecule has 0 aliphatic carbocycles. The first-order valence-electron chi connectivity index (χ1n) is 10.2. The van der Waals surface area contributed by atoms with Crippen LogP contribution in [-0.2, 0) is 4.79 Å². The summed E-state index contributed by atoms with van der Waals surface area (Å²) < 4.78 is 64.9. The lowest BCUT2D eigenvalue weighted by atomic mass is 9.90. The highest BCUT2D eigenvalue weighted by molar-refractivity contribution is 7.22. The van der Waals surface area contributed by atoms with Gasteiger partial charge in [0, 0.05) is 37.8 Å². The topological polar surface area (TPSA) is 109 Å². The van der Waals surface area contributed by atoms with Crippen molar-refractivity contribution in [3.05, 3.63) is 40.6 Å². The van der Waals surface area contributed by atoms with Crippen molar-refractivity contribution in [2.24, 2.45) is 0 Å². The monoisotopic (exact) mass is 499 g/mol. The van der Waals surface area contributed by atoms with Gasteiger partial charge in [-0.25, -0.2) is 13.8 Å². The molecule has 2 aliphatic rings. The minimum absolute atomic E-state index is 0.0170. The van der Waals surface area contributed by atoms with Crippen LogP contribution in [0.15, 0.2) is 29.3 Å². The lowest BCUT2D eigenvalue weighted by Gasteiger charge is -2.40. The number of halogens is 4. The molecule has 0 saturated carbocycles. The Hall–Kier alpha value is -3.26. The molecule has 14 heteroatoms. The molecule has 2 N–H and O–H groups in total. The van der Waals surface area contributed by atoms with Crippen molar-refractivity contribution >= 4 is 32.6 Å². The molecule has 1 fully saturated rings. The van der Waals surface area contributed by atoms with Gasteiger partial charge in [-0.3, -0.25) is 19.5 Å². The van der Waals surface area contributed by atoms with Crippen molar-refractivity contribution in [2.45, 2.75) is 37.5 Å². The molecule has 2 atom stereocenters. The number of nitrogens with zero attached hydrogens (tertiary/aromatic N) is 3. The van der Waals surface area contributed by atoms with Gasteiger partial charge in [-0.1, -0.05) is 11.3 Å². The zero-order valence-corrected chi connectivity index (χ0v) is 18.3. The van der Waals surface area contributed by atoms with E-state index in [0.29, 0.717) is 10.2 Å². The van der Waals surface area contributed by atoms with Crippen LogP contribution in [-0.4, -0.2) is 57.1 Å². The second-order valence-corrected chi connectivity index (χ2v) is 9.04. The molecule has 4 heterocycles. The molecule has 2 aromatic heterocycles. The maximum atomic E-state index is 14.6. The summed E-state index contributed by atoms with van der Waals surface area (Å²) in [5, 5.41) is 2.86. The quantitative estimate of drug-likeness (QED) is 0.531. The van der Waals surface area contributed by atoms with E-state index in [1.807, 2.05) is 0 Å². The Balaban J connectivity index is 1.30. The number of aromatic amines is 1. The van der Waals surface area contributed by atoms with E-state index >= 15 is 0 Å². The third-order valence-corrected chi connectivity index (χ3v) is 6.71. The van der Waals surface area contributed by atoms with Gasteiger partial charge in [-0.2, -0.15) is 0 Å². The molecule has 0 bridgehead atoms. The predicted molar refractivity (Wildman–Crippen MR) is 113 cm³/mol. The van der Waals surface area contributed by atoms with Crippen molar-refractivity contribution < 1.29 is 31.8 Å². The van der Waals surface area contributed by atoms with Crippen LogP contribution in [0.1, 0.15) is 25.0 Å². The third kappa shape index (κ3) is 4.18. The number of aromatic nitrogens is 3. The Bertz CT molecular complexity index is 1260. The van der Waals surface area contributed by atoms with E-state index in [9.17, 15) is 27.2 Å². The number of ether oxygens (including phenoxy) is 2. The van der Waals surface area contributed by atoms with E-state index in [-0.39, 0.29) is 35.4 Å². The number of rotatable bonds is 4. The predicted octanol–water partition coefficient (Wildman–Crippen LogP) is 3.15. The van der Waals surface area contributed by atoms with Crippen LogP contribution in [0, 0.1) is 0 Å². The largest absolute Gasteiger partial charge is 0.586 e. The molecule has 5 rings (SSSR count). The minimum Gasteiger partial charge on any atom is -0.395 e. The molecule has 1 saturated heterocycles. The van der Waals surface area contributed by atoms with E-state index in [2.05, 4.69) is 29.7 Å². The molecule has 0 unspecified atom stereocenters. The first-order valence-corrected chi connectivity index (χ1v) is 11.0. The molecule has 1 aromatic carbocycles. The van der Waals surface area contributed by atoms with Crippen molar-refractivity contribution in [3.8, 4) is 11.5 Å². The van der Waals surface area contributed by atoms with Crippen LogP contribution < -0.4 is 20.3 Å². The first-order chi connectivity index (χ1) is 16.0. The van der Waals surface area contributed by atoms with Gasteiger partial charge in [0.05, 0.1) is 34.1 Å². The van der Waals surface area contributed by atoms with Crippen molar-refractivity contribution in [1.29, 1.82) is 0 Å². The summed E-state index contributed by atoms with van der Waals surface area (Å²) in [4.78, 5) is 36.1. The van der Waals surface area contributed by atoms with Gasteiger partial charge in [0.25, 0.3) is 11.5 Å². The average molecular weight is 499 g/mol. The lowest BCUT2D eigenvalue weighted by Crippen LogP contribution is -2.52. The van der Waals surface area contributed by atoms with Gasteiger partial charge < -0.3 is 19.8 Å². The second-order valence-electron chi connectivity index (χ2n) is 8.01. The Labute approximate surface area is 192 Å². The van der Waals surface area contributed by atoms with Gasteiger partial charge in [0.2, 0.25) is 5.91 Å². The number of H-pyrrole nitrogens is 1. The highest BCUT2D eigenvalue weighted by Gasteiger charge is 2.47. The minimum atomic E-state index is -3.74. The number of nitrogens with one attached hydrogen (secondary N) is 2. The van der Waals surface area contributed by atoms with Gasteiger partial charge in [-0.05, 0) is 6.92 Å². The number of thiazole rings is 1. The fourth-order valence-corrected chi connectivity index (χ4v) is 4.81. The van der Waals surface area contributed by atoms with Gasteiger partial charge in [-0.15, -0.1) is 8.78 Å². The number of benzene rings is 1. The van der Waals surface area contributed by atoms with Gasteiger partial charge in [0.1, 0.15) is 0 Å². The lowest BCUT2D eigenvalue weighted by molar-refractivity contribution is -0.286. The summed E-state index contributed by atoms with van der Waals surface area (Å²) in [5.74, 6) is -5.11. The number of carbonyl (C=O) groups is 1. The molecule has 2 aliphatic heterocycles. The average Bonchev–Trinajstić information content (AvgIpc) is 3.28. The molecular formula is C20H17F4N5O4S. The van der Waals surface area contributed by atoms with Gasteiger partial charge >= 0.3 is 6.29 Å². The number of hydrogen-bond donors (Lipinski definition) is 2. The fraction of sp³-hybridized carbons (Fsp3) is 0.400. The number of alkyl halides is 4. The SMILES string of the molecule is C[C@@H](C(=O)Nc1nc2cc3c(cc2s1)OC(F)(F)O3)N1CCC(F)(F)[C@H](c2c[nH]c(=O)cn2)C1. The number of carbonyl (C=O) groups excluding carboxylic acids is 1. The number of anilines is 1. The zero-order chi connectivity index (χ0) is 24.3. The molecule has 0 radical (unpaired) electrons. The van der Waals surface area contributed by atoms with E-state index in [0.717, 1.165) is 23.7 Å². The Kier molecular flexibility index (Phi) is 5.24. The normalized spacial score (nSPS) is 22.0. The van der Waals surface area contributed by atoms with Crippen LogP contribution in [0.25, 0.3) is 10.2 Å². The van der Waals surface area contributed by atoms with E-state index < -0.39 is 42.1 Å². The number of fused-ring (bicyclic) bond motifs is 2. The summed E-state index contributed by atoms with van der Waals surface area (Å²) in [6.07, 6.45) is -2.11. The standard InChI is InChI=1S/C20H17F4N5O4S/c1-9(29-3-2-19(21,22)10(8-29)12-6-26-16(30)7-25-12)17(31)28-18-27-11-4-13-14(5-15(11)34-18)33-20(23,24)32-13/h4-7,9-10H,2-3,8H2,1H3,(H,26,30)(H,27,28,31)/t9-,10-/m0/s1. The summed E-state index contributed by atoms with van der Waals surface area (Å²) in [7, 11) is 0. The molecule has 1 amide bonds. The second kappa shape index (κ2) is 7.91. The molecule has 180 valence electrons. The summed E-state index contributed by atoms with van der Waals surface area (Å²) >= 11 is 1.05. The van der Waals surface area contributed by atoms with Crippen molar-refractivity contribution in [3.63, 3.8) is 0 Å². The number of amides is 1. The Morgan fingerprint density at radius 3 is 2.74 bits per heavy atom. The fourth-order valence-electron chi connectivity index (χ4n) is 3.93. The highest BCUT2D eigenvalue weighted by atomic mass is 32.1. The van der Waals surface area contributed by atoms with Crippen LogP contribution in [0.4, 0.5) is 22.7 Å². The Morgan fingerprint density at radius 2 is 2.03 bits per heavy atom. The molecule has 34 heavy (non-hydrogen) atoms. The number of piperidine rings is 1. The first kappa shape index (κ1) is 22.5. The van der Waals surface area contributed by atoms with E-state index in [1.165, 1.54) is 12.1 Å². The van der Waals surface area contributed by atoms with Crippen LogP contribution in [0.5, 0.6) is 11.5 Å². The van der Waals surface area contributed by atoms with E-state index in [1.54, 1.807) is 11.8 Å². The van der Waals surface area contributed by atoms with Crippen LogP contribution in [0.3, 0.4) is 0 Å². The van der Waals surface area contributed by atoms with E-state index in [4.69, 9.17) is 0 Å². The molecule has 9 nitrogen and oxygen atoms in total. The zero-order valence-electron chi connectivity index (χ0n) is 17.5. The van der Waals surface area contributed by atoms with Crippen LogP contribution in [0.2, 0.25) is 0 Å². The van der Waals surface area contributed by atoms with Crippen molar-refractivity contribution in [1.82, 2.24) is 19.9 Å². The number of likely N-dealkylation sites (tertiary alicyclic amines) is 1. The smallest absolute Gasteiger partial charge is 0.395 e. The number of hydrogen-bond acceptors (Lipinski definition) is 8. The molecule has 3 aromatic rings. The summed E-state index contributed by atoms with van der Waals surface area (Å²) in [5.41, 5.74) is -0.133. The van der Waals surface area contributed by atoms with Crippen LogP contribution >= 0.6 is 11.3 Å². The van der Waals surface area contributed by atoms with Gasteiger partial charge in [0.15, 0.2) is 16.6 Å². The highest BCUT2D eigenvalue weighted by Crippen LogP contribution is 2.45. The maximum Gasteiger partial charge on any atom is 0.586 e. The maximum absolute atomic E-state index is 14.6. The summed E-state index contributed by atoms with van der Waals surface area (Å²) in [6.45, 7) is 1.43. The molecular weight excluding hydrogens is 482 g/mol.